The fourth-order valence-corrected chi connectivity index (χ4v) is 4.44. The lowest BCUT2D eigenvalue weighted by molar-refractivity contribution is -0.129. The van der Waals surface area contributed by atoms with Crippen molar-refractivity contribution in [2.45, 2.75) is 32.9 Å². The van der Waals surface area contributed by atoms with Crippen molar-refractivity contribution in [3.05, 3.63) is 69.8 Å². The van der Waals surface area contributed by atoms with Gasteiger partial charge in [0.25, 0.3) is 5.91 Å². The summed E-state index contributed by atoms with van der Waals surface area (Å²) in [4.78, 5) is 36.3. The summed E-state index contributed by atoms with van der Waals surface area (Å²) >= 11 is 1.25. The largest absolute Gasteiger partial charge is 0.503 e. The van der Waals surface area contributed by atoms with Crippen molar-refractivity contribution in [2.75, 3.05) is 6.54 Å². The highest BCUT2D eigenvalue weighted by Gasteiger charge is 2.45. The van der Waals surface area contributed by atoms with Crippen LogP contribution in [0.25, 0.3) is 0 Å². The molecule has 1 amide bonds. The van der Waals surface area contributed by atoms with E-state index < -0.39 is 23.5 Å². The molecule has 0 fully saturated rings. The molecule has 1 aliphatic heterocycles. The van der Waals surface area contributed by atoms with Crippen molar-refractivity contribution < 1.29 is 19.1 Å². The highest BCUT2D eigenvalue weighted by Crippen LogP contribution is 2.40. The average molecular weight is 412 g/mol. The zero-order chi connectivity index (χ0) is 20.5. The molecule has 0 saturated heterocycles. The van der Waals surface area contributed by atoms with E-state index >= 15 is 0 Å². The Morgan fingerprint density at radius 3 is 2.79 bits per heavy atom. The average Bonchev–Trinajstić information content (AvgIpc) is 3.47. The van der Waals surface area contributed by atoms with Crippen LogP contribution >= 0.6 is 11.3 Å². The number of aryl methyl sites for hydroxylation is 3. The first-order valence-electron chi connectivity index (χ1n) is 9.19. The van der Waals surface area contributed by atoms with Crippen LogP contribution in [0.15, 0.2) is 52.9 Å². The van der Waals surface area contributed by atoms with E-state index in [2.05, 4.69) is 9.97 Å². The highest BCUT2D eigenvalue weighted by molar-refractivity contribution is 7.14. The number of hydrogen-bond acceptors (Lipinski definition) is 7. The monoisotopic (exact) mass is 412 g/mol. The number of furan rings is 1. The Hall–Kier alpha value is -3.20. The molecular weight excluding hydrogens is 392 g/mol. The summed E-state index contributed by atoms with van der Waals surface area (Å²) < 4.78 is 7.44. The minimum Gasteiger partial charge on any atom is -0.503 e. The van der Waals surface area contributed by atoms with Gasteiger partial charge in [0.05, 0.1) is 33.7 Å². The number of carbonyl (C=O) groups is 2. The van der Waals surface area contributed by atoms with Crippen LogP contribution in [0.2, 0.25) is 0 Å². The second-order valence-electron chi connectivity index (χ2n) is 6.81. The fourth-order valence-electron chi connectivity index (χ4n) is 3.57. The lowest BCUT2D eigenvalue weighted by atomic mass is 9.99. The van der Waals surface area contributed by atoms with E-state index in [4.69, 9.17) is 4.42 Å². The SMILES string of the molecule is Cc1nc(C)c(C(=O)C2=C(O)C(=O)N(CCCn3ccnc3)[C@H]2c2ccco2)s1. The van der Waals surface area contributed by atoms with E-state index in [0.717, 1.165) is 5.01 Å². The second-order valence-corrected chi connectivity index (χ2v) is 8.01. The van der Waals surface area contributed by atoms with Crippen LogP contribution in [-0.2, 0) is 11.3 Å². The smallest absolute Gasteiger partial charge is 0.290 e. The number of aliphatic hydroxyl groups is 1. The standard InChI is InChI=1S/C20H20N4O4S/c1-12-19(29-13(2)22-12)17(25)15-16(14-5-3-10-28-14)24(20(27)18(15)26)8-4-7-23-9-6-21-11-23/h3,5-6,9-11,16,26H,4,7-8H2,1-2H3/t16-/m0/s1. The first-order valence-corrected chi connectivity index (χ1v) is 10.0. The molecule has 9 heteroatoms. The Morgan fingerprint density at radius 1 is 1.34 bits per heavy atom. The number of aliphatic hydroxyl groups excluding tert-OH is 1. The lowest BCUT2D eigenvalue weighted by Gasteiger charge is -2.24. The molecular formula is C20H20N4O4S. The van der Waals surface area contributed by atoms with Crippen LogP contribution in [-0.4, -0.2) is 42.8 Å². The van der Waals surface area contributed by atoms with Crippen LogP contribution in [0.4, 0.5) is 0 Å². The molecule has 29 heavy (non-hydrogen) atoms. The maximum atomic E-state index is 13.3. The van der Waals surface area contributed by atoms with Gasteiger partial charge in [0.1, 0.15) is 11.8 Å². The van der Waals surface area contributed by atoms with E-state index in [1.165, 1.54) is 22.5 Å². The number of hydrogen-bond donors (Lipinski definition) is 1. The fraction of sp³-hybridized carbons (Fsp3) is 0.300. The van der Waals surface area contributed by atoms with Crippen molar-refractivity contribution in [3.8, 4) is 0 Å². The van der Waals surface area contributed by atoms with Crippen LogP contribution in [0.5, 0.6) is 0 Å². The molecule has 3 aromatic rings. The summed E-state index contributed by atoms with van der Waals surface area (Å²) in [5.41, 5.74) is 0.626. The van der Waals surface area contributed by atoms with Gasteiger partial charge in [0, 0.05) is 25.5 Å². The molecule has 1 atom stereocenters. The number of amides is 1. The van der Waals surface area contributed by atoms with Gasteiger partial charge < -0.3 is 19.0 Å². The zero-order valence-electron chi connectivity index (χ0n) is 16.0. The molecule has 0 unspecified atom stereocenters. The maximum absolute atomic E-state index is 13.3. The predicted octanol–water partition coefficient (Wildman–Crippen LogP) is 3.22. The number of ketones is 1. The van der Waals surface area contributed by atoms with Crippen molar-refractivity contribution in [3.63, 3.8) is 0 Å². The predicted molar refractivity (Wildman–Crippen MR) is 106 cm³/mol. The van der Waals surface area contributed by atoms with Gasteiger partial charge in [-0.2, -0.15) is 0 Å². The minimum atomic E-state index is -0.769. The normalized spacial score (nSPS) is 16.8. The Balaban J connectivity index is 1.65. The molecule has 0 saturated carbocycles. The Labute approximate surface area is 171 Å². The summed E-state index contributed by atoms with van der Waals surface area (Å²) in [5, 5.41) is 11.4. The van der Waals surface area contributed by atoms with Gasteiger partial charge in [-0.3, -0.25) is 9.59 Å². The molecule has 8 nitrogen and oxygen atoms in total. The van der Waals surface area contributed by atoms with Crippen molar-refractivity contribution in [2.24, 2.45) is 0 Å². The van der Waals surface area contributed by atoms with Crippen LogP contribution < -0.4 is 0 Å². The van der Waals surface area contributed by atoms with E-state index in [9.17, 15) is 14.7 Å². The van der Waals surface area contributed by atoms with Gasteiger partial charge in [-0.1, -0.05) is 0 Å². The highest BCUT2D eigenvalue weighted by atomic mass is 32.1. The van der Waals surface area contributed by atoms with Crippen LogP contribution in [0.1, 0.15) is 38.6 Å². The summed E-state index contributed by atoms with van der Waals surface area (Å²) in [6.45, 7) is 4.57. The summed E-state index contributed by atoms with van der Waals surface area (Å²) in [5.74, 6) is -1.05. The van der Waals surface area contributed by atoms with E-state index in [0.29, 0.717) is 35.8 Å². The molecule has 4 rings (SSSR count). The Kier molecular flexibility index (Phi) is 5.06. The van der Waals surface area contributed by atoms with Crippen LogP contribution in [0, 0.1) is 13.8 Å². The molecule has 0 bridgehead atoms. The zero-order valence-corrected chi connectivity index (χ0v) is 16.8. The quantitative estimate of drug-likeness (QED) is 0.598. The Bertz CT molecular complexity index is 1070. The van der Waals surface area contributed by atoms with Gasteiger partial charge in [-0.05, 0) is 32.4 Å². The van der Waals surface area contributed by atoms with Gasteiger partial charge in [0.15, 0.2) is 5.76 Å². The maximum Gasteiger partial charge on any atom is 0.290 e. The first-order chi connectivity index (χ1) is 14.0. The lowest BCUT2D eigenvalue weighted by Crippen LogP contribution is -2.32. The third-order valence-electron chi connectivity index (χ3n) is 4.85. The van der Waals surface area contributed by atoms with Crippen molar-refractivity contribution in [1.82, 2.24) is 19.4 Å². The molecule has 3 aromatic heterocycles. The van der Waals surface area contributed by atoms with Crippen molar-refractivity contribution >= 4 is 23.0 Å². The number of Topliss-reactive ketones (excluding diaryl/α,β-unsaturated/α-hetero) is 1. The van der Waals surface area contributed by atoms with Gasteiger partial charge >= 0.3 is 0 Å². The third-order valence-corrected chi connectivity index (χ3v) is 5.92. The Morgan fingerprint density at radius 2 is 2.17 bits per heavy atom. The number of rotatable bonds is 7. The second kappa shape index (κ2) is 7.67. The van der Waals surface area contributed by atoms with E-state index in [1.54, 1.807) is 31.6 Å². The number of nitrogens with zero attached hydrogens (tertiary/aromatic N) is 4. The summed E-state index contributed by atoms with van der Waals surface area (Å²) in [7, 11) is 0. The molecule has 4 heterocycles. The summed E-state index contributed by atoms with van der Waals surface area (Å²) in [6.07, 6.45) is 7.36. The number of carbonyl (C=O) groups excluding carboxylic acids is 2. The van der Waals surface area contributed by atoms with E-state index in [-0.39, 0.29) is 5.57 Å². The molecule has 0 radical (unpaired) electrons. The number of imidazole rings is 1. The van der Waals surface area contributed by atoms with Crippen LogP contribution in [0.3, 0.4) is 0 Å². The minimum absolute atomic E-state index is 0.0410. The molecule has 0 spiro atoms. The molecule has 150 valence electrons. The van der Waals surface area contributed by atoms with E-state index in [1.807, 2.05) is 17.7 Å². The van der Waals surface area contributed by atoms with Gasteiger partial charge in [0.2, 0.25) is 5.78 Å². The topological polar surface area (TPSA) is 101 Å². The summed E-state index contributed by atoms with van der Waals surface area (Å²) in [6, 6.07) is 2.63. The molecule has 1 aliphatic rings. The molecule has 1 N–H and O–H groups in total. The molecule has 0 aromatic carbocycles. The number of aromatic nitrogens is 3. The number of thiazole rings is 1. The first kappa shape index (κ1) is 19.1. The van der Waals surface area contributed by atoms with Crippen molar-refractivity contribution in [1.29, 1.82) is 0 Å². The van der Waals surface area contributed by atoms with Gasteiger partial charge in [-0.25, -0.2) is 9.97 Å². The molecule has 0 aliphatic carbocycles. The van der Waals surface area contributed by atoms with Gasteiger partial charge in [-0.15, -0.1) is 11.3 Å². The third kappa shape index (κ3) is 3.49.